The Morgan fingerprint density at radius 1 is 0.618 bits per heavy atom. The summed E-state index contributed by atoms with van der Waals surface area (Å²) in [6, 6.07) is 0. The van der Waals surface area contributed by atoms with Crippen molar-refractivity contribution in [1.29, 1.82) is 0 Å². The van der Waals surface area contributed by atoms with Gasteiger partial charge in [-0.3, -0.25) is 4.79 Å². The molecule has 0 saturated heterocycles. The number of hydrogen-bond donors (Lipinski definition) is 1. The number of rotatable bonds is 12. The zero-order valence-electron chi connectivity index (χ0n) is 16.1. The molecule has 34 heavy (non-hydrogen) atoms. The van der Waals surface area contributed by atoms with Crippen molar-refractivity contribution in [2.75, 3.05) is 19.7 Å². The summed E-state index contributed by atoms with van der Waals surface area (Å²) in [5.74, 6) is -57.7. The van der Waals surface area contributed by atoms with Crippen molar-refractivity contribution in [1.82, 2.24) is 5.32 Å². The van der Waals surface area contributed by atoms with Crippen molar-refractivity contribution >= 4 is 5.97 Å². The third kappa shape index (κ3) is 4.95. The second-order valence-electron chi connectivity index (χ2n) is 6.38. The fourth-order valence-electron chi connectivity index (χ4n) is 2.00. The third-order valence-corrected chi connectivity index (χ3v) is 3.98. The van der Waals surface area contributed by atoms with Gasteiger partial charge in [0.15, 0.2) is 0 Å². The van der Waals surface area contributed by atoms with E-state index in [4.69, 9.17) is 0 Å². The van der Waals surface area contributed by atoms with Crippen LogP contribution >= 0.6 is 0 Å². The summed E-state index contributed by atoms with van der Waals surface area (Å²) in [6.07, 6.45) is -10.5. The second kappa shape index (κ2) is 9.36. The molecule has 3 nitrogen and oxygen atoms in total. The lowest BCUT2D eigenvalue weighted by molar-refractivity contribution is -0.461. The summed E-state index contributed by atoms with van der Waals surface area (Å²) in [4.78, 5) is 10.9. The standard InChI is InChI=1S/C14H12F17NO2/c1-2-34-6(33)5-32-4-3-7(15,16)8(17,18)9(19,20)10(21,22)11(23,24)12(25,26)13(27,28)14(29,30)31/h32H,2-5H2,1H3. The summed E-state index contributed by atoms with van der Waals surface area (Å²) in [5.41, 5.74) is 0. The second-order valence-corrected chi connectivity index (χ2v) is 6.38. The smallest absolute Gasteiger partial charge is 0.460 e. The largest absolute Gasteiger partial charge is 0.465 e. The number of nitrogens with one attached hydrogen (secondary N) is 1. The van der Waals surface area contributed by atoms with Crippen LogP contribution in [0.3, 0.4) is 0 Å². The highest BCUT2D eigenvalue weighted by molar-refractivity contribution is 5.71. The van der Waals surface area contributed by atoms with Gasteiger partial charge in [-0.2, -0.15) is 74.6 Å². The molecule has 0 heterocycles. The maximum absolute atomic E-state index is 13.5. The first kappa shape index (κ1) is 32.2. The molecule has 0 rings (SSSR count). The van der Waals surface area contributed by atoms with Crippen LogP contribution in [0.5, 0.6) is 0 Å². The molecule has 0 atom stereocenters. The molecule has 0 amide bonds. The van der Waals surface area contributed by atoms with Crippen molar-refractivity contribution in [2.24, 2.45) is 0 Å². The molecular formula is C14H12F17NO2. The van der Waals surface area contributed by atoms with Gasteiger partial charge in [-0.15, -0.1) is 0 Å². The molecule has 0 aliphatic heterocycles. The van der Waals surface area contributed by atoms with Crippen LogP contribution in [-0.2, 0) is 9.53 Å². The van der Waals surface area contributed by atoms with Gasteiger partial charge in [0.1, 0.15) is 0 Å². The van der Waals surface area contributed by atoms with Crippen LogP contribution in [0.15, 0.2) is 0 Å². The van der Waals surface area contributed by atoms with Gasteiger partial charge in [-0.25, -0.2) is 0 Å². The molecule has 0 bridgehead atoms. The highest BCUT2D eigenvalue weighted by Gasteiger charge is 2.95. The third-order valence-electron chi connectivity index (χ3n) is 3.98. The first-order valence-corrected chi connectivity index (χ1v) is 8.28. The van der Waals surface area contributed by atoms with E-state index >= 15 is 0 Å². The van der Waals surface area contributed by atoms with Crippen molar-refractivity contribution in [3.63, 3.8) is 0 Å². The summed E-state index contributed by atoms with van der Waals surface area (Å²) in [6.45, 7) is -1.68. The highest BCUT2D eigenvalue weighted by atomic mass is 19.4. The summed E-state index contributed by atoms with van der Waals surface area (Å²) in [7, 11) is 0. The summed E-state index contributed by atoms with van der Waals surface area (Å²) in [5, 5.41) is 1.57. The molecule has 0 radical (unpaired) electrons. The molecule has 0 aliphatic rings. The quantitative estimate of drug-likeness (QED) is 0.198. The molecule has 0 fully saturated rings. The molecule has 204 valence electrons. The van der Waals surface area contributed by atoms with Crippen molar-refractivity contribution in [2.45, 2.75) is 61.0 Å². The van der Waals surface area contributed by atoms with E-state index in [9.17, 15) is 79.4 Å². The number of esters is 1. The molecule has 0 aliphatic carbocycles. The van der Waals surface area contributed by atoms with Gasteiger partial charge in [-0.1, -0.05) is 0 Å². The minimum absolute atomic E-state index is 0.276. The Morgan fingerprint density at radius 3 is 1.32 bits per heavy atom. The average molecular weight is 549 g/mol. The van der Waals surface area contributed by atoms with Crippen molar-refractivity contribution in [3.8, 4) is 0 Å². The summed E-state index contributed by atoms with van der Waals surface area (Å²) < 4.78 is 226. The minimum atomic E-state index is -8.65. The van der Waals surface area contributed by atoms with Crippen LogP contribution in [0.4, 0.5) is 74.6 Å². The van der Waals surface area contributed by atoms with E-state index in [1.165, 1.54) is 6.92 Å². The van der Waals surface area contributed by atoms with E-state index in [-0.39, 0.29) is 6.61 Å². The number of carbonyl (C=O) groups excluding carboxylic acids is 1. The zero-order chi connectivity index (χ0) is 27.8. The number of alkyl halides is 17. The van der Waals surface area contributed by atoms with E-state index in [1.54, 1.807) is 5.32 Å². The number of hydrogen-bond acceptors (Lipinski definition) is 3. The van der Waals surface area contributed by atoms with Gasteiger partial charge in [0, 0.05) is 13.0 Å². The molecule has 0 aromatic rings. The van der Waals surface area contributed by atoms with E-state index in [2.05, 4.69) is 4.74 Å². The Bertz CT molecular complexity index is 716. The fourth-order valence-corrected chi connectivity index (χ4v) is 2.00. The number of carbonyl (C=O) groups is 1. The lowest BCUT2D eigenvalue weighted by Gasteiger charge is -2.42. The molecule has 0 unspecified atom stereocenters. The predicted molar refractivity (Wildman–Crippen MR) is 74.8 cm³/mol. The van der Waals surface area contributed by atoms with Crippen LogP contribution in [0.25, 0.3) is 0 Å². The Kier molecular flexibility index (Phi) is 8.88. The van der Waals surface area contributed by atoms with Crippen LogP contribution in [0, 0.1) is 0 Å². The molecular weight excluding hydrogens is 537 g/mol. The van der Waals surface area contributed by atoms with Gasteiger partial charge in [0.05, 0.1) is 13.2 Å². The van der Waals surface area contributed by atoms with Crippen LogP contribution in [0.2, 0.25) is 0 Å². The van der Waals surface area contributed by atoms with Crippen LogP contribution < -0.4 is 5.32 Å². The Labute approximate surface area is 177 Å². The highest BCUT2D eigenvalue weighted by Crippen LogP contribution is 2.64. The fraction of sp³-hybridized carbons (Fsp3) is 0.929. The lowest BCUT2D eigenvalue weighted by atomic mass is 9.88. The molecule has 20 heteroatoms. The first-order chi connectivity index (χ1) is 14.7. The van der Waals surface area contributed by atoms with Crippen molar-refractivity contribution < 1.29 is 84.2 Å². The summed E-state index contributed by atoms with van der Waals surface area (Å²) >= 11 is 0. The zero-order valence-corrected chi connectivity index (χ0v) is 16.1. The van der Waals surface area contributed by atoms with Gasteiger partial charge in [0.2, 0.25) is 0 Å². The topological polar surface area (TPSA) is 38.3 Å². The Morgan fingerprint density at radius 2 is 0.971 bits per heavy atom. The first-order valence-electron chi connectivity index (χ1n) is 8.28. The normalized spacial score (nSPS) is 15.5. The average Bonchev–Trinajstić information content (AvgIpc) is 2.63. The van der Waals surface area contributed by atoms with Gasteiger partial charge >= 0.3 is 53.6 Å². The lowest BCUT2D eigenvalue weighted by Crippen LogP contribution is -2.74. The Balaban J connectivity index is 6.13. The Hall–Kier alpha value is -1.76. The van der Waals surface area contributed by atoms with E-state index in [1.807, 2.05) is 0 Å². The van der Waals surface area contributed by atoms with E-state index in [0.717, 1.165) is 0 Å². The SMILES string of the molecule is CCOC(=O)CNCCC(F)(F)C(F)(F)C(F)(F)C(F)(F)C(F)(F)C(F)(F)C(F)(F)C(F)(F)F. The van der Waals surface area contributed by atoms with Gasteiger partial charge < -0.3 is 10.1 Å². The van der Waals surface area contributed by atoms with E-state index in [0.29, 0.717) is 0 Å². The molecule has 0 saturated carbocycles. The van der Waals surface area contributed by atoms with Crippen LogP contribution in [-0.4, -0.2) is 73.3 Å². The maximum Gasteiger partial charge on any atom is 0.460 e. The molecule has 1 N–H and O–H groups in total. The molecule has 0 aromatic heterocycles. The van der Waals surface area contributed by atoms with Gasteiger partial charge in [0.25, 0.3) is 0 Å². The number of halogens is 17. The predicted octanol–water partition coefficient (Wildman–Crippen LogP) is 5.54. The minimum Gasteiger partial charge on any atom is -0.465 e. The maximum atomic E-state index is 13.5. The molecule has 0 spiro atoms. The number of ether oxygens (including phenoxy) is 1. The van der Waals surface area contributed by atoms with E-state index < -0.39 is 73.1 Å². The van der Waals surface area contributed by atoms with Gasteiger partial charge in [-0.05, 0) is 6.92 Å². The van der Waals surface area contributed by atoms with Crippen LogP contribution in [0.1, 0.15) is 13.3 Å². The molecule has 0 aromatic carbocycles. The van der Waals surface area contributed by atoms with Crippen molar-refractivity contribution in [3.05, 3.63) is 0 Å². The monoisotopic (exact) mass is 549 g/mol.